The van der Waals surface area contributed by atoms with Crippen LogP contribution in [0.1, 0.15) is 56.8 Å². The summed E-state index contributed by atoms with van der Waals surface area (Å²) in [5.74, 6) is -0.153. The molecular weight excluding hydrogens is 378 g/mol. The van der Waals surface area contributed by atoms with E-state index in [1.165, 1.54) is 35.0 Å². The second-order valence-corrected chi connectivity index (χ2v) is 9.17. The third-order valence-corrected chi connectivity index (χ3v) is 7.39. The molecule has 2 amide bonds. The molecule has 0 unspecified atom stereocenters. The lowest BCUT2D eigenvalue weighted by Gasteiger charge is -2.29. The predicted octanol–water partition coefficient (Wildman–Crippen LogP) is 2.14. The van der Waals surface area contributed by atoms with E-state index in [-0.39, 0.29) is 23.4 Å². The Kier molecular flexibility index (Phi) is 8.00. The number of benzene rings is 1. The highest BCUT2D eigenvalue weighted by atomic mass is 32.2. The summed E-state index contributed by atoms with van der Waals surface area (Å²) in [5.41, 5.74) is 0.317. The molecule has 7 nitrogen and oxygen atoms in total. The van der Waals surface area contributed by atoms with Crippen molar-refractivity contribution in [1.82, 2.24) is 14.9 Å². The van der Waals surface area contributed by atoms with Gasteiger partial charge in [-0.05, 0) is 43.0 Å². The molecule has 1 saturated carbocycles. The van der Waals surface area contributed by atoms with E-state index in [4.69, 9.17) is 0 Å². The van der Waals surface area contributed by atoms with Gasteiger partial charge in [-0.25, -0.2) is 8.42 Å². The maximum atomic E-state index is 12.5. The molecule has 156 valence electrons. The summed E-state index contributed by atoms with van der Waals surface area (Å²) in [6.07, 6.45) is 4.40. The van der Waals surface area contributed by atoms with Gasteiger partial charge in [-0.15, -0.1) is 0 Å². The Bertz CT molecular complexity index is 773. The Balaban J connectivity index is 1.91. The molecule has 0 saturated heterocycles. The first-order valence-corrected chi connectivity index (χ1v) is 11.4. The number of nitrogens with zero attached hydrogens (tertiary/aromatic N) is 1. The van der Waals surface area contributed by atoms with Crippen molar-refractivity contribution in [3.8, 4) is 0 Å². The minimum atomic E-state index is -3.55. The molecule has 2 rings (SSSR count). The lowest BCUT2D eigenvalue weighted by molar-refractivity contribution is -0.121. The van der Waals surface area contributed by atoms with Crippen LogP contribution in [0.5, 0.6) is 0 Å². The topological polar surface area (TPSA) is 95.6 Å². The largest absolute Gasteiger partial charge is 0.352 e. The Morgan fingerprint density at radius 3 is 2.25 bits per heavy atom. The SMILES string of the molecule is CCN(CC)S(=O)(=O)c1ccc(C(=O)NCC(=O)N[C@@H]2CCCC[C@H]2C)cc1. The molecule has 2 atom stereocenters. The molecule has 1 aromatic carbocycles. The van der Waals surface area contributed by atoms with Crippen LogP contribution >= 0.6 is 0 Å². The van der Waals surface area contributed by atoms with Gasteiger partial charge in [0, 0.05) is 24.7 Å². The Hall–Kier alpha value is -1.93. The minimum absolute atomic E-state index is 0.0957. The molecule has 28 heavy (non-hydrogen) atoms. The Morgan fingerprint density at radius 1 is 1.07 bits per heavy atom. The van der Waals surface area contributed by atoms with Gasteiger partial charge in [-0.1, -0.05) is 33.6 Å². The maximum absolute atomic E-state index is 12.5. The zero-order valence-electron chi connectivity index (χ0n) is 16.9. The fourth-order valence-electron chi connectivity index (χ4n) is 3.54. The molecule has 0 radical (unpaired) electrons. The normalized spacial score (nSPS) is 20.0. The van der Waals surface area contributed by atoms with Gasteiger partial charge in [0.25, 0.3) is 5.91 Å². The summed E-state index contributed by atoms with van der Waals surface area (Å²) in [6, 6.07) is 5.95. The number of sulfonamides is 1. The van der Waals surface area contributed by atoms with Crippen LogP contribution in [0.25, 0.3) is 0 Å². The van der Waals surface area contributed by atoms with E-state index in [0.717, 1.165) is 19.3 Å². The molecule has 1 aliphatic carbocycles. The standard InChI is InChI=1S/C20H31N3O4S/c1-4-23(5-2)28(26,27)17-12-10-16(11-13-17)20(25)21-14-19(24)22-18-9-7-6-8-15(18)3/h10-13,15,18H,4-9,14H2,1-3H3,(H,21,25)(H,22,24)/t15-,18-/m1/s1. The van der Waals surface area contributed by atoms with Gasteiger partial charge in [0.1, 0.15) is 0 Å². The van der Waals surface area contributed by atoms with Gasteiger partial charge in [0.2, 0.25) is 15.9 Å². The van der Waals surface area contributed by atoms with Crippen molar-refractivity contribution < 1.29 is 18.0 Å². The molecule has 2 N–H and O–H groups in total. The van der Waals surface area contributed by atoms with E-state index >= 15 is 0 Å². The van der Waals surface area contributed by atoms with Crippen LogP contribution in [0.2, 0.25) is 0 Å². The average Bonchev–Trinajstić information content (AvgIpc) is 2.68. The fraction of sp³-hybridized carbons (Fsp3) is 0.600. The van der Waals surface area contributed by atoms with Gasteiger partial charge in [0.15, 0.2) is 0 Å². The maximum Gasteiger partial charge on any atom is 0.251 e. The smallest absolute Gasteiger partial charge is 0.251 e. The lowest BCUT2D eigenvalue weighted by Crippen LogP contribution is -2.45. The average molecular weight is 410 g/mol. The number of amides is 2. The quantitative estimate of drug-likeness (QED) is 0.688. The molecule has 0 aliphatic heterocycles. The van der Waals surface area contributed by atoms with E-state index in [9.17, 15) is 18.0 Å². The van der Waals surface area contributed by atoms with Crippen LogP contribution in [-0.2, 0) is 14.8 Å². The predicted molar refractivity (Wildman–Crippen MR) is 108 cm³/mol. The third kappa shape index (κ3) is 5.54. The van der Waals surface area contributed by atoms with Crippen molar-refractivity contribution in [1.29, 1.82) is 0 Å². The highest BCUT2D eigenvalue weighted by molar-refractivity contribution is 7.89. The van der Waals surface area contributed by atoms with E-state index in [2.05, 4.69) is 17.6 Å². The number of carbonyl (C=O) groups is 2. The third-order valence-electron chi connectivity index (χ3n) is 5.33. The van der Waals surface area contributed by atoms with E-state index in [0.29, 0.717) is 24.6 Å². The van der Waals surface area contributed by atoms with Crippen LogP contribution in [0.3, 0.4) is 0 Å². The van der Waals surface area contributed by atoms with Crippen LogP contribution in [0, 0.1) is 5.92 Å². The molecule has 1 fully saturated rings. The van der Waals surface area contributed by atoms with Crippen LogP contribution in [0.15, 0.2) is 29.2 Å². The van der Waals surface area contributed by atoms with Gasteiger partial charge in [-0.2, -0.15) is 4.31 Å². The number of hydrogen-bond acceptors (Lipinski definition) is 4. The molecule has 1 aromatic rings. The van der Waals surface area contributed by atoms with Crippen molar-refractivity contribution in [2.24, 2.45) is 5.92 Å². The van der Waals surface area contributed by atoms with Crippen molar-refractivity contribution >= 4 is 21.8 Å². The van der Waals surface area contributed by atoms with Gasteiger partial charge in [-0.3, -0.25) is 9.59 Å². The fourth-order valence-corrected chi connectivity index (χ4v) is 5.00. The molecule has 0 spiro atoms. The van der Waals surface area contributed by atoms with Gasteiger partial charge < -0.3 is 10.6 Å². The zero-order valence-corrected chi connectivity index (χ0v) is 17.7. The monoisotopic (exact) mass is 409 g/mol. The number of rotatable bonds is 8. The van der Waals surface area contributed by atoms with Crippen molar-refractivity contribution in [2.75, 3.05) is 19.6 Å². The zero-order chi connectivity index (χ0) is 20.7. The summed E-state index contributed by atoms with van der Waals surface area (Å²) in [4.78, 5) is 24.5. The second kappa shape index (κ2) is 10.0. The molecular formula is C20H31N3O4S. The minimum Gasteiger partial charge on any atom is -0.352 e. The number of carbonyl (C=O) groups excluding carboxylic acids is 2. The Morgan fingerprint density at radius 2 is 1.68 bits per heavy atom. The summed E-state index contributed by atoms with van der Waals surface area (Å²) in [6.45, 7) is 6.37. The summed E-state index contributed by atoms with van der Waals surface area (Å²) in [5, 5.41) is 5.59. The molecule has 8 heteroatoms. The molecule has 1 aliphatic rings. The lowest BCUT2D eigenvalue weighted by atomic mass is 9.86. The first-order valence-electron chi connectivity index (χ1n) is 9.97. The van der Waals surface area contributed by atoms with E-state index in [1.54, 1.807) is 13.8 Å². The van der Waals surface area contributed by atoms with Crippen LogP contribution in [0.4, 0.5) is 0 Å². The van der Waals surface area contributed by atoms with E-state index in [1.807, 2.05) is 0 Å². The summed E-state index contributed by atoms with van der Waals surface area (Å²) >= 11 is 0. The Labute approximate surface area is 167 Å². The second-order valence-electron chi connectivity index (χ2n) is 7.23. The highest BCUT2D eigenvalue weighted by Gasteiger charge is 2.23. The first-order chi connectivity index (χ1) is 13.3. The van der Waals surface area contributed by atoms with Crippen molar-refractivity contribution in [3.63, 3.8) is 0 Å². The summed E-state index contributed by atoms with van der Waals surface area (Å²) < 4.78 is 26.3. The van der Waals surface area contributed by atoms with Crippen molar-refractivity contribution in [3.05, 3.63) is 29.8 Å². The van der Waals surface area contributed by atoms with Crippen LogP contribution < -0.4 is 10.6 Å². The highest BCUT2D eigenvalue weighted by Crippen LogP contribution is 2.23. The number of nitrogens with one attached hydrogen (secondary N) is 2. The van der Waals surface area contributed by atoms with Crippen LogP contribution in [-0.4, -0.2) is 50.2 Å². The van der Waals surface area contributed by atoms with Crippen molar-refractivity contribution in [2.45, 2.75) is 57.4 Å². The van der Waals surface area contributed by atoms with E-state index < -0.39 is 15.9 Å². The summed E-state index contributed by atoms with van der Waals surface area (Å²) in [7, 11) is -3.55. The molecule has 0 heterocycles. The van der Waals surface area contributed by atoms with Gasteiger partial charge in [0.05, 0.1) is 11.4 Å². The molecule has 0 bridgehead atoms. The number of hydrogen-bond donors (Lipinski definition) is 2. The van der Waals surface area contributed by atoms with Gasteiger partial charge >= 0.3 is 0 Å². The first kappa shape index (κ1) is 22.4. The molecule has 0 aromatic heterocycles.